The predicted octanol–water partition coefficient (Wildman–Crippen LogP) is 2.16. The van der Waals surface area contributed by atoms with Crippen LogP contribution in [0.2, 0.25) is 0 Å². The van der Waals surface area contributed by atoms with Crippen molar-refractivity contribution in [3.05, 3.63) is 29.6 Å². The molecule has 0 saturated carbocycles. The van der Waals surface area contributed by atoms with E-state index in [-0.39, 0.29) is 23.6 Å². The maximum Gasteiger partial charge on any atom is 0.139 e. The normalized spacial score (nSPS) is 35.7. The first-order valence-corrected chi connectivity index (χ1v) is 5.96. The lowest BCUT2D eigenvalue weighted by molar-refractivity contribution is -0.0277. The highest BCUT2D eigenvalue weighted by Gasteiger charge is 2.48. The Morgan fingerprint density at radius 2 is 2.29 bits per heavy atom. The molecule has 3 atom stereocenters. The summed E-state index contributed by atoms with van der Waals surface area (Å²) < 4.78 is 24.8. The van der Waals surface area contributed by atoms with E-state index in [1.807, 2.05) is 6.92 Å². The molecule has 2 N–H and O–H groups in total. The highest BCUT2D eigenvalue weighted by molar-refractivity contribution is 5.39. The molecule has 1 saturated heterocycles. The van der Waals surface area contributed by atoms with Gasteiger partial charge in [-0.1, -0.05) is 6.07 Å². The van der Waals surface area contributed by atoms with Crippen molar-refractivity contribution in [3.8, 4) is 5.75 Å². The van der Waals surface area contributed by atoms with Crippen LogP contribution in [0.4, 0.5) is 4.39 Å². The molecule has 0 radical (unpaired) electrons. The fourth-order valence-corrected chi connectivity index (χ4v) is 2.81. The summed E-state index contributed by atoms with van der Waals surface area (Å²) in [6.07, 6.45) is 1.55. The Morgan fingerprint density at radius 3 is 3.00 bits per heavy atom. The molecule has 17 heavy (non-hydrogen) atoms. The maximum atomic E-state index is 13.2. The van der Waals surface area contributed by atoms with Crippen LogP contribution in [-0.2, 0) is 4.74 Å². The maximum absolute atomic E-state index is 13.2. The van der Waals surface area contributed by atoms with Gasteiger partial charge in [-0.05, 0) is 13.0 Å². The molecule has 0 aromatic heterocycles. The molecule has 1 spiro atoms. The molecule has 4 heteroatoms. The van der Waals surface area contributed by atoms with Crippen LogP contribution < -0.4 is 10.5 Å². The van der Waals surface area contributed by atoms with Gasteiger partial charge in [-0.3, -0.25) is 0 Å². The van der Waals surface area contributed by atoms with Crippen molar-refractivity contribution in [2.45, 2.75) is 37.5 Å². The molecule has 1 aromatic carbocycles. The molecule has 0 bridgehead atoms. The third-order valence-corrected chi connectivity index (χ3v) is 3.89. The van der Waals surface area contributed by atoms with Crippen molar-refractivity contribution < 1.29 is 13.9 Å². The zero-order chi connectivity index (χ0) is 12.0. The van der Waals surface area contributed by atoms with Crippen molar-refractivity contribution in [1.82, 2.24) is 0 Å². The Labute approximate surface area is 99.7 Å². The smallest absolute Gasteiger partial charge is 0.139 e. The lowest BCUT2D eigenvalue weighted by Gasteiger charge is -2.40. The summed E-state index contributed by atoms with van der Waals surface area (Å²) in [6, 6.07) is 4.45. The lowest BCUT2D eigenvalue weighted by atomic mass is 9.83. The SMILES string of the molecule is CC1OCCC12C[C@H](N)c1ccc(F)cc1O2. The Bertz CT molecular complexity index is 451. The largest absolute Gasteiger partial charge is 0.484 e. The molecule has 3 nitrogen and oxygen atoms in total. The van der Waals surface area contributed by atoms with Gasteiger partial charge in [0.05, 0.1) is 12.7 Å². The third-order valence-electron chi connectivity index (χ3n) is 3.89. The average Bonchev–Trinajstić information content (AvgIpc) is 2.59. The van der Waals surface area contributed by atoms with Gasteiger partial charge < -0.3 is 15.2 Å². The summed E-state index contributed by atoms with van der Waals surface area (Å²) in [5.74, 6) is 0.278. The highest BCUT2D eigenvalue weighted by Crippen LogP contribution is 2.44. The van der Waals surface area contributed by atoms with Gasteiger partial charge in [-0.2, -0.15) is 0 Å². The number of rotatable bonds is 0. The first kappa shape index (κ1) is 11.0. The molecule has 2 unspecified atom stereocenters. The Hall–Kier alpha value is -1.13. The number of hydrogen-bond acceptors (Lipinski definition) is 3. The first-order chi connectivity index (χ1) is 8.11. The van der Waals surface area contributed by atoms with Gasteiger partial charge >= 0.3 is 0 Å². The van der Waals surface area contributed by atoms with Gasteiger partial charge in [0.15, 0.2) is 0 Å². The van der Waals surface area contributed by atoms with Gasteiger partial charge in [0, 0.05) is 30.5 Å². The van der Waals surface area contributed by atoms with Crippen LogP contribution in [0.5, 0.6) is 5.75 Å². The molecule has 2 aliphatic heterocycles. The standard InChI is InChI=1S/C13H16FNO2/c1-8-13(4-5-16-8)7-11(15)10-3-2-9(14)6-12(10)17-13/h2-3,6,8,11H,4-5,7,15H2,1H3/t8?,11-,13?/m0/s1. The summed E-state index contributed by atoms with van der Waals surface area (Å²) in [5, 5.41) is 0. The van der Waals surface area contributed by atoms with Gasteiger partial charge in [0.2, 0.25) is 0 Å². The molecule has 3 rings (SSSR count). The summed E-state index contributed by atoms with van der Waals surface area (Å²) in [4.78, 5) is 0. The second kappa shape index (κ2) is 3.68. The summed E-state index contributed by atoms with van der Waals surface area (Å²) in [6.45, 7) is 2.67. The fraction of sp³-hybridized carbons (Fsp3) is 0.538. The van der Waals surface area contributed by atoms with Gasteiger partial charge in [-0.25, -0.2) is 4.39 Å². The third kappa shape index (κ3) is 1.63. The topological polar surface area (TPSA) is 44.5 Å². The van der Waals surface area contributed by atoms with Crippen LogP contribution >= 0.6 is 0 Å². The zero-order valence-electron chi connectivity index (χ0n) is 9.78. The molecule has 2 heterocycles. The van der Waals surface area contributed by atoms with Crippen molar-refractivity contribution >= 4 is 0 Å². The van der Waals surface area contributed by atoms with E-state index in [0.29, 0.717) is 12.4 Å². The average molecular weight is 237 g/mol. The van der Waals surface area contributed by atoms with Gasteiger partial charge in [-0.15, -0.1) is 0 Å². The van der Waals surface area contributed by atoms with Crippen molar-refractivity contribution in [3.63, 3.8) is 0 Å². The quantitative estimate of drug-likeness (QED) is 0.752. The minimum absolute atomic E-state index is 0.00460. The van der Waals surface area contributed by atoms with Crippen molar-refractivity contribution in [1.29, 1.82) is 0 Å². The second-order valence-electron chi connectivity index (χ2n) is 4.92. The van der Waals surface area contributed by atoms with Crippen LogP contribution in [0.15, 0.2) is 18.2 Å². The predicted molar refractivity (Wildman–Crippen MR) is 61.3 cm³/mol. The molecule has 0 aliphatic carbocycles. The Morgan fingerprint density at radius 1 is 1.47 bits per heavy atom. The highest BCUT2D eigenvalue weighted by atomic mass is 19.1. The Balaban J connectivity index is 2.02. The summed E-state index contributed by atoms with van der Waals surface area (Å²) >= 11 is 0. The van der Waals surface area contributed by atoms with Crippen molar-refractivity contribution in [2.24, 2.45) is 5.73 Å². The molecular formula is C13H16FNO2. The van der Waals surface area contributed by atoms with Crippen LogP contribution in [0.25, 0.3) is 0 Å². The minimum atomic E-state index is -0.375. The second-order valence-corrected chi connectivity index (χ2v) is 4.92. The lowest BCUT2D eigenvalue weighted by Crippen LogP contribution is -2.47. The van der Waals surface area contributed by atoms with Crippen LogP contribution in [-0.4, -0.2) is 18.3 Å². The minimum Gasteiger partial charge on any atom is -0.484 e. The van der Waals surface area contributed by atoms with E-state index >= 15 is 0 Å². The summed E-state index contributed by atoms with van der Waals surface area (Å²) in [5.41, 5.74) is 6.67. The number of fused-ring (bicyclic) bond motifs is 1. The van der Waals surface area contributed by atoms with Crippen molar-refractivity contribution in [2.75, 3.05) is 6.61 Å². The number of benzene rings is 1. The van der Waals surface area contributed by atoms with E-state index in [1.165, 1.54) is 12.1 Å². The van der Waals surface area contributed by atoms with E-state index in [4.69, 9.17) is 15.2 Å². The summed E-state index contributed by atoms with van der Waals surface area (Å²) in [7, 11) is 0. The van der Waals surface area contributed by atoms with Crippen LogP contribution in [0.3, 0.4) is 0 Å². The first-order valence-electron chi connectivity index (χ1n) is 5.96. The molecule has 1 fully saturated rings. The Kier molecular flexibility index (Phi) is 2.38. The number of halogens is 1. The fourth-order valence-electron chi connectivity index (χ4n) is 2.81. The molecule has 0 amide bonds. The van der Waals surface area contributed by atoms with E-state index in [9.17, 15) is 4.39 Å². The van der Waals surface area contributed by atoms with E-state index in [1.54, 1.807) is 6.07 Å². The molecule has 2 aliphatic rings. The number of ether oxygens (including phenoxy) is 2. The van der Waals surface area contributed by atoms with E-state index < -0.39 is 0 Å². The molecular weight excluding hydrogens is 221 g/mol. The number of nitrogens with two attached hydrogens (primary N) is 1. The van der Waals surface area contributed by atoms with Gasteiger partial charge in [0.25, 0.3) is 0 Å². The van der Waals surface area contributed by atoms with Crippen LogP contribution in [0, 0.1) is 5.82 Å². The van der Waals surface area contributed by atoms with E-state index in [0.717, 1.165) is 18.4 Å². The van der Waals surface area contributed by atoms with Crippen LogP contribution in [0.1, 0.15) is 31.4 Å². The molecule has 1 aromatic rings. The monoisotopic (exact) mass is 237 g/mol. The molecule has 92 valence electrons. The van der Waals surface area contributed by atoms with E-state index in [2.05, 4.69) is 0 Å². The zero-order valence-corrected chi connectivity index (χ0v) is 9.78. The van der Waals surface area contributed by atoms with Gasteiger partial charge in [0.1, 0.15) is 17.2 Å². The number of hydrogen-bond donors (Lipinski definition) is 1.